The summed E-state index contributed by atoms with van der Waals surface area (Å²) in [7, 11) is 0. The van der Waals surface area contributed by atoms with Gasteiger partial charge in [0.1, 0.15) is 0 Å². The van der Waals surface area contributed by atoms with Crippen molar-refractivity contribution in [3.8, 4) is 0 Å². The third kappa shape index (κ3) is 4.24. The topological polar surface area (TPSA) is 52.7 Å². The van der Waals surface area contributed by atoms with Crippen LogP contribution in [0.5, 0.6) is 0 Å². The van der Waals surface area contributed by atoms with E-state index < -0.39 is 0 Å². The number of nitrogens with zero attached hydrogens (tertiary/aromatic N) is 2. The molecular weight excluding hydrogens is 350 g/mol. The molecule has 2 aliphatic heterocycles. The van der Waals surface area contributed by atoms with Gasteiger partial charge in [0, 0.05) is 44.2 Å². The summed E-state index contributed by atoms with van der Waals surface area (Å²) in [6, 6.07) is 8.65. The molecule has 0 spiro atoms. The molecular formula is C23H33N3O2. The van der Waals surface area contributed by atoms with Crippen LogP contribution in [0.2, 0.25) is 0 Å². The summed E-state index contributed by atoms with van der Waals surface area (Å²) >= 11 is 0. The standard InChI is InChI=1S/C23H33N3O2/c1-23(2,26-13-11-17-6-3-4-7-19(17)15-26)16-24-21(27)20-8-5-12-25(14-20)22(28)18-9-10-18/h3-4,6-7,18,20H,5,8-16H2,1-2H3,(H,24,27). The maximum Gasteiger partial charge on any atom is 0.225 e. The zero-order valence-corrected chi connectivity index (χ0v) is 17.2. The molecule has 1 aromatic rings. The summed E-state index contributed by atoms with van der Waals surface area (Å²) < 4.78 is 0. The van der Waals surface area contributed by atoms with Crippen molar-refractivity contribution in [2.45, 2.75) is 58.0 Å². The molecule has 152 valence electrons. The molecule has 1 aliphatic carbocycles. The van der Waals surface area contributed by atoms with Crippen molar-refractivity contribution in [1.29, 1.82) is 0 Å². The lowest BCUT2D eigenvalue weighted by atomic mass is 9.93. The highest BCUT2D eigenvalue weighted by molar-refractivity contribution is 5.83. The predicted molar refractivity (Wildman–Crippen MR) is 110 cm³/mol. The molecule has 1 unspecified atom stereocenters. The smallest absolute Gasteiger partial charge is 0.225 e. The molecule has 0 aromatic heterocycles. The van der Waals surface area contributed by atoms with Gasteiger partial charge in [-0.25, -0.2) is 0 Å². The number of hydrogen-bond acceptors (Lipinski definition) is 3. The number of rotatable bonds is 5. The van der Waals surface area contributed by atoms with Gasteiger partial charge in [-0.15, -0.1) is 0 Å². The molecule has 2 fully saturated rings. The lowest BCUT2D eigenvalue weighted by Gasteiger charge is -2.42. The summed E-state index contributed by atoms with van der Waals surface area (Å²) in [6.07, 6.45) is 4.94. The molecule has 3 aliphatic rings. The Kier molecular flexibility index (Phi) is 5.46. The van der Waals surface area contributed by atoms with Gasteiger partial charge in [-0.05, 0) is 57.1 Å². The quantitative estimate of drug-likeness (QED) is 0.850. The molecule has 4 rings (SSSR count). The van der Waals surface area contributed by atoms with E-state index >= 15 is 0 Å². The number of carbonyl (C=O) groups excluding carboxylic acids is 2. The van der Waals surface area contributed by atoms with E-state index in [2.05, 4.69) is 48.3 Å². The van der Waals surface area contributed by atoms with Crippen molar-refractivity contribution < 1.29 is 9.59 Å². The zero-order chi connectivity index (χ0) is 19.7. The van der Waals surface area contributed by atoms with Crippen LogP contribution < -0.4 is 5.32 Å². The molecule has 0 bridgehead atoms. The number of nitrogens with one attached hydrogen (secondary N) is 1. The Balaban J connectivity index is 1.30. The van der Waals surface area contributed by atoms with Crippen LogP contribution in [0.1, 0.15) is 50.7 Å². The van der Waals surface area contributed by atoms with Crippen molar-refractivity contribution in [2.24, 2.45) is 11.8 Å². The highest BCUT2D eigenvalue weighted by atomic mass is 16.2. The minimum Gasteiger partial charge on any atom is -0.354 e. The second kappa shape index (κ2) is 7.86. The largest absolute Gasteiger partial charge is 0.354 e. The maximum atomic E-state index is 12.8. The molecule has 1 N–H and O–H groups in total. The number of fused-ring (bicyclic) bond motifs is 1. The fraction of sp³-hybridized carbons (Fsp3) is 0.652. The first-order valence-electron chi connectivity index (χ1n) is 10.8. The normalized spacial score (nSPS) is 23.2. The Hall–Kier alpha value is -1.88. The second-order valence-electron chi connectivity index (χ2n) is 9.37. The molecule has 1 atom stereocenters. The highest BCUT2D eigenvalue weighted by Crippen LogP contribution is 2.32. The first kappa shape index (κ1) is 19.4. The Labute approximate surface area is 168 Å². The monoisotopic (exact) mass is 383 g/mol. The third-order valence-corrected chi connectivity index (χ3v) is 6.71. The minimum absolute atomic E-state index is 0.0608. The van der Waals surface area contributed by atoms with E-state index in [1.165, 1.54) is 11.1 Å². The summed E-state index contributed by atoms with van der Waals surface area (Å²) in [5.41, 5.74) is 2.75. The van der Waals surface area contributed by atoms with Crippen LogP contribution in [0.4, 0.5) is 0 Å². The van der Waals surface area contributed by atoms with Gasteiger partial charge in [-0.1, -0.05) is 24.3 Å². The molecule has 1 aromatic carbocycles. The summed E-state index contributed by atoms with van der Waals surface area (Å²) in [4.78, 5) is 29.6. The van der Waals surface area contributed by atoms with E-state index in [1.54, 1.807) is 0 Å². The van der Waals surface area contributed by atoms with E-state index in [1.807, 2.05) is 4.90 Å². The van der Waals surface area contributed by atoms with E-state index in [4.69, 9.17) is 0 Å². The average Bonchev–Trinajstić information content (AvgIpc) is 3.56. The number of hydrogen-bond donors (Lipinski definition) is 1. The summed E-state index contributed by atoms with van der Waals surface area (Å²) in [6.45, 7) is 8.44. The van der Waals surface area contributed by atoms with Crippen LogP contribution in [-0.4, -0.2) is 53.3 Å². The van der Waals surface area contributed by atoms with Gasteiger partial charge in [0.2, 0.25) is 11.8 Å². The number of benzene rings is 1. The van der Waals surface area contributed by atoms with Gasteiger partial charge in [-0.2, -0.15) is 0 Å². The van der Waals surface area contributed by atoms with Crippen LogP contribution in [0.25, 0.3) is 0 Å². The van der Waals surface area contributed by atoms with Crippen molar-refractivity contribution >= 4 is 11.8 Å². The van der Waals surface area contributed by atoms with Crippen molar-refractivity contribution in [3.63, 3.8) is 0 Å². The van der Waals surface area contributed by atoms with E-state index in [0.29, 0.717) is 13.1 Å². The summed E-state index contributed by atoms with van der Waals surface area (Å²) in [5.74, 6) is 0.556. The fourth-order valence-electron chi connectivity index (χ4n) is 4.55. The van der Waals surface area contributed by atoms with E-state index in [0.717, 1.165) is 51.7 Å². The maximum absolute atomic E-state index is 12.8. The molecule has 2 amide bonds. The molecule has 5 heteroatoms. The van der Waals surface area contributed by atoms with Crippen molar-refractivity contribution in [1.82, 2.24) is 15.1 Å². The second-order valence-corrected chi connectivity index (χ2v) is 9.37. The molecule has 5 nitrogen and oxygen atoms in total. The first-order chi connectivity index (χ1) is 13.4. The first-order valence-corrected chi connectivity index (χ1v) is 10.8. The Morgan fingerprint density at radius 1 is 1.07 bits per heavy atom. The SMILES string of the molecule is CC(C)(CNC(=O)C1CCCN(C(=O)C2CC2)C1)N1CCc2ccccc2C1. The lowest BCUT2D eigenvalue weighted by Crippen LogP contribution is -2.54. The van der Waals surface area contributed by atoms with Gasteiger partial charge in [0.15, 0.2) is 0 Å². The van der Waals surface area contributed by atoms with Gasteiger partial charge in [-0.3, -0.25) is 14.5 Å². The van der Waals surface area contributed by atoms with E-state index in [-0.39, 0.29) is 29.2 Å². The van der Waals surface area contributed by atoms with E-state index in [9.17, 15) is 9.59 Å². The minimum atomic E-state index is -0.0959. The van der Waals surface area contributed by atoms with Crippen LogP contribution in [0.3, 0.4) is 0 Å². The van der Waals surface area contributed by atoms with Crippen molar-refractivity contribution in [2.75, 3.05) is 26.2 Å². The number of likely N-dealkylation sites (tertiary alicyclic amines) is 1. The number of amides is 2. The molecule has 2 heterocycles. The molecule has 1 saturated carbocycles. The molecule has 28 heavy (non-hydrogen) atoms. The number of piperidine rings is 1. The number of carbonyl (C=O) groups is 2. The average molecular weight is 384 g/mol. The van der Waals surface area contributed by atoms with Gasteiger partial charge in [0.25, 0.3) is 0 Å². The third-order valence-electron chi connectivity index (χ3n) is 6.71. The van der Waals surface area contributed by atoms with Gasteiger partial charge < -0.3 is 10.2 Å². The Morgan fingerprint density at radius 2 is 1.82 bits per heavy atom. The van der Waals surface area contributed by atoms with Crippen LogP contribution in [0.15, 0.2) is 24.3 Å². The van der Waals surface area contributed by atoms with Crippen LogP contribution >= 0.6 is 0 Å². The lowest BCUT2D eigenvalue weighted by molar-refractivity contribution is -0.137. The molecule has 1 saturated heterocycles. The van der Waals surface area contributed by atoms with Crippen molar-refractivity contribution in [3.05, 3.63) is 35.4 Å². The van der Waals surface area contributed by atoms with Crippen LogP contribution in [-0.2, 0) is 22.6 Å². The van der Waals surface area contributed by atoms with Gasteiger partial charge in [0.05, 0.1) is 5.92 Å². The Bertz CT molecular complexity index is 741. The van der Waals surface area contributed by atoms with Crippen LogP contribution in [0, 0.1) is 11.8 Å². The summed E-state index contributed by atoms with van der Waals surface area (Å²) in [5, 5.41) is 3.20. The fourth-order valence-corrected chi connectivity index (χ4v) is 4.55. The Morgan fingerprint density at radius 3 is 2.57 bits per heavy atom. The highest BCUT2D eigenvalue weighted by Gasteiger charge is 2.37. The molecule has 0 radical (unpaired) electrons. The zero-order valence-electron chi connectivity index (χ0n) is 17.2. The van der Waals surface area contributed by atoms with Gasteiger partial charge >= 0.3 is 0 Å². The predicted octanol–water partition coefficient (Wildman–Crippen LogP) is 2.59.